The van der Waals surface area contributed by atoms with Crippen LogP contribution in [0.2, 0.25) is 0 Å². The second-order valence-corrected chi connectivity index (χ2v) is 13.8. The molecule has 7 rings (SSSR count). The van der Waals surface area contributed by atoms with Crippen LogP contribution in [-0.4, -0.2) is 89.1 Å². The van der Waals surface area contributed by atoms with Crippen LogP contribution in [0.4, 0.5) is 10.2 Å². The predicted molar refractivity (Wildman–Crippen MR) is 153 cm³/mol. The van der Waals surface area contributed by atoms with Gasteiger partial charge in [-0.05, 0) is 29.5 Å². The minimum Gasteiger partial charge on any atom is -0.382 e. The first kappa shape index (κ1) is 30.2. The third kappa shape index (κ3) is 5.32. The number of rotatable bonds is 3. The molecule has 2 unspecified atom stereocenters. The molecule has 9 atom stereocenters. The number of anilines is 1. The highest BCUT2D eigenvalue weighted by Gasteiger charge is 2.53. The van der Waals surface area contributed by atoms with Gasteiger partial charge in [0.25, 0.3) is 5.91 Å². The minimum atomic E-state index is -4.16. The van der Waals surface area contributed by atoms with E-state index in [-0.39, 0.29) is 33.6 Å². The average Bonchev–Trinajstić information content (AvgIpc) is 3.76. The summed E-state index contributed by atoms with van der Waals surface area (Å²) in [6.07, 6.45) is -6.91. The van der Waals surface area contributed by atoms with Crippen LogP contribution < -0.4 is 11.5 Å². The number of carbonyl (C=O) groups is 1. The average molecular weight is 683 g/mol. The van der Waals surface area contributed by atoms with Crippen molar-refractivity contribution < 1.29 is 46.2 Å². The van der Waals surface area contributed by atoms with Crippen molar-refractivity contribution in [3.63, 3.8) is 0 Å². The second kappa shape index (κ2) is 11.4. The van der Waals surface area contributed by atoms with Crippen molar-refractivity contribution in [2.75, 3.05) is 18.9 Å². The Bertz CT molecular complexity index is 1910. The number of alkyl halides is 1. The Morgan fingerprint density at radius 1 is 1.20 bits per heavy atom. The number of nitrogens with zero attached hydrogens (tertiary/aromatic N) is 7. The predicted octanol–water partition coefficient (Wildman–Crippen LogP) is 1.33. The highest BCUT2D eigenvalue weighted by Crippen LogP contribution is 2.52. The molecule has 1 amide bonds. The lowest BCUT2D eigenvalue weighted by Crippen LogP contribution is -2.34. The summed E-state index contributed by atoms with van der Waals surface area (Å²) < 4.78 is 66.1. The summed E-state index contributed by atoms with van der Waals surface area (Å²) in [6, 6.07) is 4.69. The fourth-order valence-corrected chi connectivity index (χ4v) is 7.51. The van der Waals surface area contributed by atoms with Gasteiger partial charge in [0.15, 0.2) is 36.2 Å². The maximum Gasteiger partial charge on any atom is 0.698 e. The number of hydrogen-bond acceptors (Lipinski definition) is 15. The van der Waals surface area contributed by atoms with Crippen LogP contribution >= 0.6 is 15.0 Å². The van der Waals surface area contributed by atoms with E-state index in [2.05, 4.69) is 31.8 Å². The van der Waals surface area contributed by atoms with E-state index in [0.29, 0.717) is 5.52 Å². The maximum absolute atomic E-state index is 16.0. The molecule has 5 N–H and O–H groups in total. The summed E-state index contributed by atoms with van der Waals surface area (Å²) >= 11 is 5.21. The van der Waals surface area contributed by atoms with E-state index in [4.69, 9.17) is 50.8 Å². The van der Waals surface area contributed by atoms with Gasteiger partial charge in [-0.15, -0.1) is 14.1 Å². The second-order valence-electron chi connectivity index (χ2n) is 10.1. The molecule has 3 aliphatic rings. The highest BCUT2D eigenvalue weighted by molar-refractivity contribution is 8.07. The number of benzene rings is 1. The first-order valence-corrected chi connectivity index (χ1v) is 16.8. The summed E-state index contributed by atoms with van der Waals surface area (Å²) in [5.41, 5.74) is 12.7. The molecule has 22 heteroatoms. The van der Waals surface area contributed by atoms with Gasteiger partial charge >= 0.3 is 15.0 Å². The van der Waals surface area contributed by atoms with E-state index < -0.39 is 77.1 Å². The van der Waals surface area contributed by atoms with E-state index in [1.54, 1.807) is 12.1 Å². The first-order chi connectivity index (χ1) is 21.5. The van der Waals surface area contributed by atoms with Gasteiger partial charge in [-0.2, -0.15) is 0 Å². The topological polar surface area (TPSA) is 236 Å². The van der Waals surface area contributed by atoms with Crippen LogP contribution in [0, 0.1) is 0 Å². The van der Waals surface area contributed by atoms with E-state index in [9.17, 15) is 14.3 Å². The number of carbonyl (C=O) groups excluding carboxylic acids is 1. The fourth-order valence-electron chi connectivity index (χ4n) is 5.33. The zero-order chi connectivity index (χ0) is 31.6. The van der Waals surface area contributed by atoms with Gasteiger partial charge in [0.1, 0.15) is 42.3 Å². The van der Waals surface area contributed by atoms with E-state index in [1.807, 2.05) is 0 Å². The van der Waals surface area contributed by atoms with Crippen LogP contribution in [0.3, 0.4) is 0 Å². The summed E-state index contributed by atoms with van der Waals surface area (Å²) in [5.74, 6) is -0.640. The third-order valence-corrected chi connectivity index (χ3v) is 9.79. The summed E-state index contributed by atoms with van der Waals surface area (Å²) in [6.45, 7) is -1.09. The SMILES string of the molecule is C=C1[C@H]2O[P+](=O)OC[C@H]3O[C@@H](n4cnc5c(N)ncnc54)[C@H](F)[C@@H]3OP(O)(=S)OC[C@H]1O[C@H]2n1nnc2c(C(N)=O)cccc21. The van der Waals surface area contributed by atoms with Crippen molar-refractivity contribution >= 4 is 60.7 Å². The van der Waals surface area contributed by atoms with Crippen molar-refractivity contribution in [3.05, 3.63) is 48.6 Å². The molecule has 3 saturated heterocycles. The molecule has 6 heterocycles. The maximum atomic E-state index is 16.0. The van der Waals surface area contributed by atoms with E-state index >= 15 is 4.39 Å². The molecule has 0 saturated carbocycles. The van der Waals surface area contributed by atoms with Gasteiger partial charge in [0.05, 0.1) is 24.0 Å². The fraction of sp³-hybridized carbons (Fsp3) is 0.391. The Balaban J connectivity index is 1.18. The van der Waals surface area contributed by atoms with Crippen molar-refractivity contribution in [2.24, 2.45) is 5.73 Å². The third-order valence-electron chi connectivity index (χ3n) is 7.47. The monoisotopic (exact) mass is 682 g/mol. The Labute approximate surface area is 257 Å². The molecule has 45 heavy (non-hydrogen) atoms. The summed E-state index contributed by atoms with van der Waals surface area (Å²) in [5, 5.41) is 8.16. The van der Waals surface area contributed by atoms with Crippen LogP contribution in [0.25, 0.3) is 22.2 Å². The van der Waals surface area contributed by atoms with Gasteiger partial charge in [-0.1, -0.05) is 17.9 Å². The smallest absolute Gasteiger partial charge is 0.382 e. The van der Waals surface area contributed by atoms with Gasteiger partial charge in [-0.3, -0.25) is 13.9 Å². The Hall–Kier alpha value is -3.42. The highest BCUT2D eigenvalue weighted by atomic mass is 32.5. The van der Waals surface area contributed by atoms with Gasteiger partial charge in [0, 0.05) is 4.57 Å². The van der Waals surface area contributed by atoms with Gasteiger partial charge < -0.3 is 30.4 Å². The molecule has 1 aromatic carbocycles. The van der Waals surface area contributed by atoms with Crippen LogP contribution in [0.15, 0.2) is 43.0 Å². The number of imidazole rings is 1. The van der Waals surface area contributed by atoms with Gasteiger partial charge in [-0.25, -0.2) is 24.0 Å². The van der Waals surface area contributed by atoms with Crippen molar-refractivity contribution in [2.45, 2.75) is 43.0 Å². The van der Waals surface area contributed by atoms with Crippen LogP contribution in [0.1, 0.15) is 22.8 Å². The first-order valence-electron chi connectivity index (χ1n) is 13.2. The molecular weight excluding hydrogens is 659 g/mol. The molecule has 3 aliphatic heterocycles. The molecule has 0 spiro atoms. The van der Waals surface area contributed by atoms with Crippen molar-refractivity contribution in [1.82, 2.24) is 34.5 Å². The number of hydrogen-bond donors (Lipinski definition) is 3. The zero-order valence-corrected chi connectivity index (χ0v) is 25.3. The normalized spacial score (nSPS) is 33.5. The number of fused-ring (bicyclic) bond motifs is 5. The largest absolute Gasteiger partial charge is 0.698 e. The lowest BCUT2D eigenvalue weighted by Gasteiger charge is -2.24. The van der Waals surface area contributed by atoms with Crippen LogP contribution in [0.5, 0.6) is 0 Å². The number of halogens is 1. The van der Waals surface area contributed by atoms with E-state index in [0.717, 1.165) is 0 Å². The molecule has 2 bridgehead atoms. The number of nitrogens with two attached hydrogens (primary N) is 2. The molecule has 4 aromatic rings. The molecule has 3 aromatic heterocycles. The summed E-state index contributed by atoms with van der Waals surface area (Å²) in [7, 11) is -2.92. The van der Waals surface area contributed by atoms with Crippen molar-refractivity contribution in [1.29, 1.82) is 0 Å². The van der Waals surface area contributed by atoms with Crippen LogP contribution in [-0.2, 0) is 43.9 Å². The lowest BCUT2D eigenvalue weighted by atomic mass is 10.1. The van der Waals surface area contributed by atoms with E-state index in [1.165, 1.54) is 28.0 Å². The number of ether oxygens (including phenoxy) is 2. The number of aromatic nitrogens is 7. The molecule has 0 aliphatic carbocycles. The van der Waals surface area contributed by atoms with Gasteiger partial charge in [0.2, 0.25) is 0 Å². The quantitative estimate of drug-likeness (QED) is 0.204. The molecular formula is C23H23FN9O9P2S+. The number of amides is 1. The zero-order valence-electron chi connectivity index (χ0n) is 22.7. The molecule has 236 valence electrons. The standard InChI is InChI=1S/C23H22FN9O9P2S/c1-9-12-6-38-44(36,45)42-18-13(40-22(14(18)24)32-8-29-16-19(25)27-7-28-21(16)32)5-37-43(35)41-17(9)23(39-12)33-11-4-2-3-10(20(26)34)15(11)30-31-33/h2-4,7-8,12-14,17-18,22-23H,1,5-6H2,(H4-,25,26,27,28,34,36,45)/p+1/t12-,13-,14-,17-,18-,22-,23-,44?/m1/s1. The molecule has 18 nitrogen and oxygen atoms in total. The Kier molecular flexibility index (Phi) is 7.68. The molecule has 0 radical (unpaired) electrons. The number of primary amides is 1. The summed E-state index contributed by atoms with van der Waals surface area (Å²) in [4.78, 5) is 35.0. The lowest BCUT2D eigenvalue weighted by molar-refractivity contribution is -0.0606. The minimum absolute atomic E-state index is 0.0756. The Morgan fingerprint density at radius 3 is 2.82 bits per heavy atom. The Morgan fingerprint density at radius 2 is 2.02 bits per heavy atom. The molecule has 3 fully saturated rings. The van der Waals surface area contributed by atoms with Crippen molar-refractivity contribution in [3.8, 4) is 0 Å². The number of nitrogen functional groups attached to an aromatic ring is 1.